The van der Waals surface area contributed by atoms with Crippen molar-refractivity contribution in [1.82, 2.24) is 0 Å². The maximum atomic E-state index is 9.04. The van der Waals surface area contributed by atoms with Crippen LogP contribution in [0.1, 0.15) is 25.7 Å². The Kier molecular flexibility index (Phi) is 1.08. The number of hydrogen-bond acceptors (Lipinski definition) is 2. The van der Waals surface area contributed by atoms with Crippen LogP contribution in [-0.4, -0.2) is 23.4 Å². The summed E-state index contributed by atoms with van der Waals surface area (Å²) in [5, 5.41) is 9.04. The van der Waals surface area contributed by atoms with Gasteiger partial charge in [0.25, 0.3) is 0 Å². The summed E-state index contributed by atoms with van der Waals surface area (Å²) < 4.78 is 5.44. The van der Waals surface area contributed by atoms with E-state index in [1.165, 1.54) is 12.8 Å². The third-order valence-electron chi connectivity index (χ3n) is 2.32. The highest BCUT2D eigenvalue weighted by Crippen LogP contribution is 2.46. The Morgan fingerprint density at radius 2 is 2.11 bits per heavy atom. The van der Waals surface area contributed by atoms with Crippen LogP contribution in [0.3, 0.4) is 0 Å². The van der Waals surface area contributed by atoms with Crippen molar-refractivity contribution in [3.63, 3.8) is 0 Å². The number of hydrogen-bond donors (Lipinski definition) is 1. The summed E-state index contributed by atoms with van der Waals surface area (Å²) in [5.74, 6) is 0. The van der Waals surface area contributed by atoms with E-state index in [0.29, 0.717) is 6.61 Å². The molecule has 2 nitrogen and oxygen atoms in total. The van der Waals surface area contributed by atoms with Gasteiger partial charge in [-0.25, -0.2) is 0 Å². The Bertz CT molecular complexity index is 108. The summed E-state index contributed by atoms with van der Waals surface area (Å²) in [6.07, 6.45) is 4.28. The first-order valence-electron chi connectivity index (χ1n) is 3.63. The molecule has 2 aliphatic rings. The average Bonchev–Trinajstić information content (AvgIpc) is 2.60. The van der Waals surface area contributed by atoms with Gasteiger partial charge >= 0.3 is 0 Å². The van der Waals surface area contributed by atoms with E-state index in [1.807, 2.05) is 0 Å². The molecule has 1 aliphatic carbocycles. The highest BCUT2D eigenvalue weighted by atomic mass is 16.5. The van der Waals surface area contributed by atoms with E-state index in [1.54, 1.807) is 0 Å². The van der Waals surface area contributed by atoms with Gasteiger partial charge in [0.15, 0.2) is 0 Å². The van der Waals surface area contributed by atoms with Crippen molar-refractivity contribution in [1.29, 1.82) is 0 Å². The first-order valence-corrected chi connectivity index (χ1v) is 3.63. The van der Waals surface area contributed by atoms with Crippen molar-refractivity contribution in [2.24, 2.45) is 0 Å². The molecule has 2 fully saturated rings. The zero-order chi connectivity index (χ0) is 6.32. The van der Waals surface area contributed by atoms with E-state index in [-0.39, 0.29) is 11.7 Å². The summed E-state index contributed by atoms with van der Waals surface area (Å²) in [6.45, 7) is 0.569. The van der Waals surface area contributed by atoms with E-state index >= 15 is 0 Å². The highest BCUT2D eigenvalue weighted by Gasteiger charge is 2.46. The molecule has 1 spiro atoms. The van der Waals surface area contributed by atoms with Gasteiger partial charge in [-0.2, -0.15) is 0 Å². The molecule has 2 heteroatoms. The molecule has 2 rings (SSSR count). The predicted octanol–water partition coefficient (Wildman–Crippen LogP) is 0.690. The molecule has 0 aromatic carbocycles. The van der Waals surface area contributed by atoms with Crippen molar-refractivity contribution in [2.45, 2.75) is 37.4 Å². The largest absolute Gasteiger partial charge is 0.391 e. The maximum Gasteiger partial charge on any atom is 0.0775 e. The minimum atomic E-state index is -0.184. The SMILES string of the molecule is O[C@H]1CCC2(CC2)OC1. The molecule has 0 radical (unpaired) electrons. The lowest BCUT2D eigenvalue weighted by Crippen LogP contribution is -2.30. The lowest BCUT2D eigenvalue weighted by Gasteiger charge is -2.25. The topological polar surface area (TPSA) is 29.5 Å². The third-order valence-corrected chi connectivity index (χ3v) is 2.32. The molecule has 0 unspecified atom stereocenters. The lowest BCUT2D eigenvalue weighted by molar-refractivity contribution is -0.0698. The Balaban J connectivity index is 1.91. The van der Waals surface area contributed by atoms with Gasteiger partial charge in [-0.15, -0.1) is 0 Å². The van der Waals surface area contributed by atoms with Crippen molar-refractivity contribution in [3.8, 4) is 0 Å². The van der Waals surface area contributed by atoms with Gasteiger partial charge in [0.1, 0.15) is 0 Å². The molecule has 0 bridgehead atoms. The van der Waals surface area contributed by atoms with Crippen LogP contribution in [0.4, 0.5) is 0 Å². The molecular weight excluding hydrogens is 116 g/mol. The molecule has 1 atom stereocenters. The Morgan fingerprint density at radius 1 is 1.33 bits per heavy atom. The molecule has 0 aromatic rings. The molecule has 1 saturated carbocycles. The van der Waals surface area contributed by atoms with Crippen LogP contribution in [0.5, 0.6) is 0 Å². The first-order chi connectivity index (χ1) is 4.31. The fourth-order valence-corrected chi connectivity index (χ4v) is 1.39. The smallest absolute Gasteiger partial charge is 0.0775 e. The molecule has 1 aliphatic heterocycles. The van der Waals surface area contributed by atoms with Gasteiger partial charge in [0.2, 0.25) is 0 Å². The zero-order valence-corrected chi connectivity index (χ0v) is 5.47. The molecule has 0 amide bonds. The third kappa shape index (κ3) is 0.970. The molecule has 52 valence electrons. The molecule has 0 aromatic heterocycles. The van der Waals surface area contributed by atoms with Crippen LogP contribution in [0.15, 0.2) is 0 Å². The second-order valence-electron chi connectivity index (χ2n) is 3.19. The molecule has 1 saturated heterocycles. The van der Waals surface area contributed by atoms with E-state index in [0.717, 1.165) is 12.8 Å². The van der Waals surface area contributed by atoms with Crippen LogP contribution in [-0.2, 0) is 4.74 Å². The standard InChI is InChI=1S/C7H12O2/c8-6-1-2-7(3-4-7)9-5-6/h6,8H,1-5H2/t6-/m0/s1. The highest BCUT2D eigenvalue weighted by molar-refractivity contribution is 4.98. The summed E-state index contributed by atoms with van der Waals surface area (Å²) in [4.78, 5) is 0. The average molecular weight is 128 g/mol. The Morgan fingerprint density at radius 3 is 2.56 bits per heavy atom. The predicted molar refractivity (Wildman–Crippen MR) is 33.2 cm³/mol. The monoisotopic (exact) mass is 128 g/mol. The summed E-state index contributed by atoms with van der Waals surface area (Å²) in [7, 11) is 0. The summed E-state index contributed by atoms with van der Waals surface area (Å²) in [5.41, 5.74) is 0.249. The fraction of sp³-hybridized carbons (Fsp3) is 1.00. The maximum absolute atomic E-state index is 9.04. The van der Waals surface area contributed by atoms with Crippen LogP contribution in [0, 0.1) is 0 Å². The molecule has 1 heterocycles. The van der Waals surface area contributed by atoms with E-state index in [4.69, 9.17) is 9.84 Å². The van der Waals surface area contributed by atoms with Crippen LogP contribution < -0.4 is 0 Å². The number of aliphatic hydroxyl groups is 1. The van der Waals surface area contributed by atoms with Gasteiger partial charge in [-0.3, -0.25) is 0 Å². The number of rotatable bonds is 0. The second-order valence-corrected chi connectivity index (χ2v) is 3.19. The number of ether oxygens (including phenoxy) is 1. The minimum absolute atomic E-state index is 0.184. The molecular formula is C7H12O2. The van der Waals surface area contributed by atoms with Crippen molar-refractivity contribution < 1.29 is 9.84 Å². The van der Waals surface area contributed by atoms with Crippen molar-refractivity contribution in [2.75, 3.05) is 6.61 Å². The van der Waals surface area contributed by atoms with E-state index < -0.39 is 0 Å². The second kappa shape index (κ2) is 1.70. The lowest BCUT2D eigenvalue weighted by atomic mass is 10.1. The summed E-state index contributed by atoms with van der Waals surface area (Å²) in [6, 6.07) is 0. The van der Waals surface area contributed by atoms with Crippen LogP contribution in [0.2, 0.25) is 0 Å². The van der Waals surface area contributed by atoms with Gasteiger partial charge in [0, 0.05) is 0 Å². The van der Waals surface area contributed by atoms with Gasteiger partial charge in [0.05, 0.1) is 18.3 Å². The van der Waals surface area contributed by atoms with Gasteiger partial charge < -0.3 is 9.84 Å². The van der Waals surface area contributed by atoms with Gasteiger partial charge in [-0.1, -0.05) is 0 Å². The Hall–Kier alpha value is -0.0800. The van der Waals surface area contributed by atoms with E-state index in [2.05, 4.69) is 0 Å². The quantitative estimate of drug-likeness (QED) is 0.520. The summed E-state index contributed by atoms with van der Waals surface area (Å²) >= 11 is 0. The van der Waals surface area contributed by atoms with Gasteiger partial charge in [-0.05, 0) is 25.7 Å². The first kappa shape index (κ1) is 5.69. The minimum Gasteiger partial charge on any atom is -0.391 e. The zero-order valence-electron chi connectivity index (χ0n) is 5.47. The molecule has 1 N–H and O–H groups in total. The normalized spacial score (nSPS) is 39.0. The van der Waals surface area contributed by atoms with E-state index in [9.17, 15) is 0 Å². The Labute approximate surface area is 54.8 Å². The fourth-order valence-electron chi connectivity index (χ4n) is 1.39. The van der Waals surface area contributed by atoms with Crippen LogP contribution in [0.25, 0.3) is 0 Å². The molecule has 9 heavy (non-hydrogen) atoms. The van der Waals surface area contributed by atoms with Crippen molar-refractivity contribution >= 4 is 0 Å². The number of aliphatic hydroxyl groups excluding tert-OH is 1. The van der Waals surface area contributed by atoms with Crippen LogP contribution >= 0.6 is 0 Å². The van der Waals surface area contributed by atoms with Crippen molar-refractivity contribution in [3.05, 3.63) is 0 Å².